The average Bonchev–Trinajstić information content (AvgIpc) is 3.21. The zero-order chi connectivity index (χ0) is 17.4. The van der Waals surface area contributed by atoms with Crippen molar-refractivity contribution in [2.75, 3.05) is 18.0 Å². The van der Waals surface area contributed by atoms with Crippen molar-refractivity contribution in [1.29, 1.82) is 0 Å². The molecule has 130 valence electrons. The lowest BCUT2D eigenvalue weighted by molar-refractivity contribution is 0.0929. The second kappa shape index (κ2) is 6.48. The molecule has 1 amide bonds. The Bertz CT molecular complexity index is 907. The highest BCUT2D eigenvalue weighted by Crippen LogP contribution is 2.24. The number of aromatic nitrogens is 3. The lowest BCUT2D eigenvalue weighted by atomic mass is 10.0. The minimum Gasteiger partial charge on any atom is -0.348 e. The highest BCUT2D eigenvalue weighted by Gasteiger charge is 2.24. The van der Waals surface area contributed by atoms with Crippen molar-refractivity contribution in [2.24, 2.45) is 7.05 Å². The molecule has 0 spiro atoms. The van der Waals surface area contributed by atoms with Crippen LogP contribution in [0.5, 0.6) is 0 Å². The summed E-state index contributed by atoms with van der Waals surface area (Å²) >= 11 is 1.38. The Hall–Kier alpha value is -2.41. The van der Waals surface area contributed by atoms with E-state index in [0.717, 1.165) is 47.5 Å². The number of hydrogen-bond donors (Lipinski definition) is 1. The van der Waals surface area contributed by atoms with E-state index in [4.69, 9.17) is 0 Å². The summed E-state index contributed by atoms with van der Waals surface area (Å²) < 4.78 is 7.46. The zero-order valence-corrected chi connectivity index (χ0v) is 15.2. The summed E-state index contributed by atoms with van der Waals surface area (Å²) in [5, 5.41) is 4.12. The number of anilines is 1. The summed E-state index contributed by atoms with van der Waals surface area (Å²) in [6, 6.07) is 6.31. The van der Waals surface area contributed by atoms with Gasteiger partial charge in [0, 0.05) is 44.0 Å². The largest absolute Gasteiger partial charge is 0.348 e. The van der Waals surface area contributed by atoms with E-state index in [1.807, 2.05) is 43.1 Å². The summed E-state index contributed by atoms with van der Waals surface area (Å²) in [7, 11) is 2.01. The van der Waals surface area contributed by atoms with Crippen LogP contribution in [0.4, 0.5) is 5.95 Å². The predicted molar refractivity (Wildman–Crippen MR) is 100 cm³/mol. The van der Waals surface area contributed by atoms with Gasteiger partial charge >= 0.3 is 0 Å². The van der Waals surface area contributed by atoms with Crippen LogP contribution in [-0.2, 0) is 7.05 Å². The van der Waals surface area contributed by atoms with E-state index in [9.17, 15) is 4.79 Å². The zero-order valence-electron chi connectivity index (χ0n) is 14.4. The Morgan fingerprint density at radius 2 is 2.12 bits per heavy atom. The smallest absolute Gasteiger partial charge is 0.271 e. The van der Waals surface area contributed by atoms with Gasteiger partial charge in [-0.3, -0.25) is 4.79 Å². The predicted octanol–water partition coefficient (Wildman–Crippen LogP) is 2.74. The number of rotatable bonds is 3. The van der Waals surface area contributed by atoms with Gasteiger partial charge in [-0.05, 0) is 43.4 Å². The number of benzene rings is 1. The minimum absolute atomic E-state index is 0.0627. The number of piperidine rings is 1. The third-order valence-corrected chi connectivity index (χ3v) is 5.58. The molecule has 1 N–H and O–H groups in total. The van der Waals surface area contributed by atoms with Gasteiger partial charge in [-0.15, -0.1) is 0 Å². The number of hydrogen-bond acceptors (Lipinski definition) is 5. The number of nitrogens with zero attached hydrogens (tertiary/aromatic N) is 4. The van der Waals surface area contributed by atoms with E-state index < -0.39 is 0 Å². The molecule has 25 heavy (non-hydrogen) atoms. The molecule has 0 bridgehead atoms. The van der Waals surface area contributed by atoms with Crippen LogP contribution in [0.15, 0.2) is 30.6 Å². The number of aryl methyl sites for hydroxylation is 2. The summed E-state index contributed by atoms with van der Waals surface area (Å²) in [5.74, 6) is 0.929. The lowest BCUT2D eigenvalue weighted by Gasteiger charge is -2.32. The maximum Gasteiger partial charge on any atom is 0.271 e. The van der Waals surface area contributed by atoms with Crippen LogP contribution in [0.2, 0.25) is 0 Å². The topological polar surface area (TPSA) is 63.1 Å². The van der Waals surface area contributed by atoms with Crippen molar-refractivity contribution in [3.8, 4) is 0 Å². The fraction of sp³-hybridized carbons (Fsp3) is 0.389. The van der Waals surface area contributed by atoms with E-state index in [2.05, 4.69) is 25.6 Å². The molecule has 0 unspecified atom stereocenters. The van der Waals surface area contributed by atoms with Gasteiger partial charge in [-0.2, -0.15) is 4.37 Å². The molecule has 1 fully saturated rings. The third kappa shape index (κ3) is 3.11. The first-order chi connectivity index (χ1) is 12.1. The maximum absolute atomic E-state index is 12.7. The average molecular weight is 355 g/mol. The van der Waals surface area contributed by atoms with E-state index in [1.54, 1.807) is 0 Å². The van der Waals surface area contributed by atoms with Crippen LogP contribution in [0.1, 0.15) is 28.9 Å². The van der Waals surface area contributed by atoms with Gasteiger partial charge in [-0.1, -0.05) is 11.6 Å². The van der Waals surface area contributed by atoms with Crippen molar-refractivity contribution in [3.63, 3.8) is 0 Å². The molecule has 1 saturated heterocycles. The van der Waals surface area contributed by atoms with E-state index >= 15 is 0 Å². The minimum atomic E-state index is -0.0627. The van der Waals surface area contributed by atoms with Crippen molar-refractivity contribution < 1.29 is 4.79 Å². The van der Waals surface area contributed by atoms with E-state index in [1.165, 1.54) is 11.5 Å². The summed E-state index contributed by atoms with van der Waals surface area (Å²) in [6.07, 6.45) is 5.61. The molecule has 3 heterocycles. The van der Waals surface area contributed by atoms with Gasteiger partial charge in [0.1, 0.15) is 5.69 Å². The molecular weight excluding hydrogens is 334 g/mol. The highest BCUT2D eigenvalue weighted by molar-refractivity contribution is 7.13. The Balaban J connectivity index is 1.42. The molecule has 3 aromatic rings. The molecule has 4 rings (SSSR count). The molecule has 1 aromatic carbocycles. The second-order valence-corrected chi connectivity index (χ2v) is 7.41. The molecule has 0 radical (unpaired) electrons. The van der Waals surface area contributed by atoms with Gasteiger partial charge < -0.3 is 14.8 Å². The fourth-order valence-corrected chi connectivity index (χ4v) is 4.11. The van der Waals surface area contributed by atoms with E-state index in [0.29, 0.717) is 5.69 Å². The second-order valence-electron chi connectivity index (χ2n) is 6.60. The number of carbonyl (C=O) groups excluding carboxylic acids is 1. The lowest BCUT2D eigenvalue weighted by Crippen LogP contribution is -2.45. The van der Waals surface area contributed by atoms with Crippen LogP contribution >= 0.6 is 11.5 Å². The van der Waals surface area contributed by atoms with Crippen LogP contribution in [0.25, 0.3) is 10.1 Å². The Morgan fingerprint density at radius 1 is 1.32 bits per heavy atom. The standard InChI is InChI=1S/C18H21N5OS/c1-12-3-4-15-14(11-12)16(21-25-15)17(24)20-13-5-8-23(9-6-13)18-19-7-10-22(18)2/h3-4,7,10-11,13H,5-6,8-9H2,1-2H3,(H,20,24). The van der Waals surface area contributed by atoms with Crippen LogP contribution in [-0.4, -0.2) is 39.0 Å². The molecule has 0 atom stereocenters. The number of imidazole rings is 1. The Kier molecular flexibility index (Phi) is 4.17. The van der Waals surface area contributed by atoms with Gasteiger partial charge in [0.05, 0.1) is 4.70 Å². The third-order valence-electron chi connectivity index (χ3n) is 4.75. The summed E-state index contributed by atoms with van der Waals surface area (Å²) in [6.45, 7) is 3.82. The van der Waals surface area contributed by atoms with Crippen molar-refractivity contribution in [2.45, 2.75) is 25.8 Å². The molecule has 2 aromatic heterocycles. The van der Waals surface area contributed by atoms with Gasteiger partial charge in [0.15, 0.2) is 0 Å². The van der Waals surface area contributed by atoms with Gasteiger partial charge in [0.25, 0.3) is 5.91 Å². The summed E-state index contributed by atoms with van der Waals surface area (Å²) in [4.78, 5) is 19.3. The number of carbonyl (C=O) groups is 1. The van der Waals surface area contributed by atoms with Gasteiger partial charge in [-0.25, -0.2) is 4.98 Å². The Morgan fingerprint density at radius 3 is 2.84 bits per heavy atom. The van der Waals surface area contributed by atoms with Crippen LogP contribution in [0, 0.1) is 6.92 Å². The molecule has 6 nitrogen and oxygen atoms in total. The Labute approximate surface area is 150 Å². The first-order valence-corrected chi connectivity index (χ1v) is 9.28. The number of fused-ring (bicyclic) bond motifs is 1. The number of nitrogens with one attached hydrogen (secondary N) is 1. The van der Waals surface area contributed by atoms with E-state index in [-0.39, 0.29) is 11.9 Å². The first-order valence-electron chi connectivity index (χ1n) is 8.51. The van der Waals surface area contributed by atoms with Crippen molar-refractivity contribution in [1.82, 2.24) is 19.2 Å². The monoisotopic (exact) mass is 355 g/mol. The molecule has 1 aliphatic rings. The van der Waals surface area contributed by atoms with Gasteiger partial charge in [0.2, 0.25) is 5.95 Å². The highest BCUT2D eigenvalue weighted by atomic mass is 32.1. The quantitative estimate of drug-likeness (QED) is 0.785. The van der Waals surface area contributed by atoms with Crippen LogP contribution in [0.3, 0.4) is 0 Å². The van der Waals surface area contributed by atoms with Crippen molar-refractivity contribution in [3.05, 3.63) is 41.9 Å². The normalized spacial score (nSPS) is 15.7. The molecule has 0 saturated carbocycles. The number of amides is 1. The molecule has 7 heteroatoms. The maximum atomic E-state index is 12.7. The molecule has 0 aliphatic carbocycles. The van der Waals surface area contributed by atoms with Crippen molar-refractivity contribution >= 4 is 33.5 Å². The van der Waals surface area contributed by atoms with Crippen LogP contribution < -0.4 is 10.2 Å². The fourth-order valence-electron chi connectivity index (χ4n) is 3.36. The SMILES string of the molecule is Cc1ccc2snc(C(=O)NC3CCN(c4nccn4C)CC3)c2c1. The molecular formula is C18H21N5OS. The first kappa shape index (κ1) is 16.1. The molecule has 1 aliphatic heterocycles. The summed E-state index contributed by atoms with van der Waals surface area (Å²) in [5.41, 5.74) is 1.69.